The number of carbonyl (C=O) groups excluding carboxylic acids is 3. The van der Waals surface area contributed by atoms with Gasteiger partial charge >= 0.3 is 0 Å². The summed E-state index contributed by atoms with van der Waals surface area (Å²) in [4.78, 5) is 42.9. The Labute approximate surface area is 222 Å². The highest BCUT2D eigenvalue weighted by molar-refractivity contribution is 6.63. The lowest BCUT2D eigenvalue weighted by molar-refractivity contribution is -0.130. The first-order chi connectivity index (χ1) is 18.1. The highest BCUT2D eigenvalue weighted by Gasteiger charge is 2.43. The van der Waals surface area contributed by atoms with Crippen LogP contribution in [0.4, 0.5) is 5.69 Å². The van der Waals surface area contributed by atoms with Gasteiger partial charge in [0.05, 0.1) is 22.3 Å². The van der Waals surface area contributed by atoms with Gasteiger partial charge in [-0.15, -0.1) is 0 Å². The minimum Gasteiger partial charge on any atom is -0.507 e. The highest BCUT2D eigenvalue weighted by Crippen LogP contribution is 2.44. The molecular weight excluding hydrogens is 488 g/mol. The Morgan fingerprint density at radius 1 is 0.632 bits per heavy atom. The van der Waals surface area contributed by atoms with Crippen LogP contribution >= 0.6 is 0 Å². The maximum atomic E-state index is 13.1. The number of hydrogen-bond donors (Lipinski definition) is 4. The monoisotopic (exact) mass is 524 g/mol. The van der Waals surface area contributed by atoms with E-state index in [4.69, 9.17) is 0 Å². The fourth-order valence-electron chi connectivity index (χ4n) is 4.91. The Bertz CT molecular complexity index is 1230. The number of allylic oxidation sites excluding steroid dienone is 5. The average Bonchev–Trinajstić information content (AvgIpc) is 3.06. The molecule has 1 aromatic rings. The van der Waals surface area contributed by atoms with E-state index in [1.54, 1.807) is 0 Å². The van der Waals surface area contributed by atoms with Crippen molar-refractivity contribution < 1.29 is 34.8 Å². The molecule has 0 unspecified atom stereocenters. The molecule has 9 nitrogen and oxygen atoms in total. The number of aromatic hydroxyl groups is 2. The van der Waals surface area contributed by atoms with Crippen LogP contribution in [-0.4, -0.2) is 68.9 Å². The van der Waals surface area contributed by atoms with Crippen LogP contribution in [0.15, 0.2) is 52.6 Å². The van der Waals surface area contributed by atoms with Crippen LogP contribution in [0.1, 0.15) is 58.9 Å². The maximum absolute atomic E-state index is 13.1. The zero-order chi connectivity index (χ0) is 28.1. The second-order valence-corrected chi connectivity index (χ2v) is 9.43. The number of carbonyl (C=O) groups is 3. The first-order valence-corrected chi connectivity index (χ1v) is 13.1. The number of hydrogen-bond acceptors (Lipinski definition) is 9. The number of ketones is 3. The van der Waals surface area contributed by atoms with E-state index in [9.17, 15) is 34.8 Å². The molecule has 0 atom stereocenters. The molecular formula is C29H36N2O7. The average molecular weight is 525 g/mol. The smallest absolute Gasteiger partial charge is 0.238 e. The molecule has 204 valence electrons. The van der Waals surface area contributed by atoms with E-state index >= 15 is 0 Å². The molecule has 2 aliphatic rings. The predicted octanol–water partition coefficient (Wildman–Crippen LogP) is 4.47. The van der Waals surface area contributed by atoms with Crippen LogP contribution in [0.3, 0.4) is 0 Å². The maximum Gasteiger partial charge on any atom is 0.238 e. The molecule has 0 aliphatic heterocycles. The molecule has 0 amide bonds. The van der Waals surface area contributed by atoms with Gasteiger partial charge in [-0.25, -0.2) is 0 Å². The zero-order valence-corrected chi connectivity index (χ0v) is 22.4. The molecule has 0 radical (unpaired) electrons. The summed E-state index contributed by atoms with van der Waals surface area (Å²) >= 11 is 0. The fraction of sp³-hybridized carbons (Fsp3) is 0.414. The molecule has 0 fully saturated rings. The summed E-state index contributed by atoms with van der Waals surface area (Å²) in [7, 11) is 0. The van der Waals surface area contributed by atoms with Gasteiger partial charge in [-0.3, -0.25) is 14.4 Å². The lowest BCUT2D eigenvalue weighted by Gasteiger charge is -2.27. The third-order valence-corrected chi connectivity index (χ3v) is 6.49. The molecule has 38 heavy (non-hydrogen) atoms. The van der Waals surface area contributed by atoms with Gasteiger partial charge in [0.25, 0.3) is 0 Å². The minimum absolute atomic E-state index is 0.409. The zero-order valence-electron chi connectivity index (χ0n) is 22.4. The predicted molar refractivity (Wildman–Crippen MR) is 145 cm³/mol. The highest BCUT2D eigenvalue weighted by atomic mass is 16.3. The van der Waals surface area contributed by atoms with Crippen LogP contribution in [0, 0.1) is 0 Å². The molecule has 0 saturated heterocycles. The van der Waals surface area contributed by atoms with Crippen LogP contribution < -0.4 is 4.90 Å². The number of nitrogens with zero attached hydrogens (tertiary/aromatic N) is 2. The number of phenolic OH excluding ortho intramolecular Hbond substituents is 2. The van der Waals surface area contributed by atoms with Gasteiger partial charge in [-0.1, -0.05) is 27.7 Å². The van der Waals surface area contributed by atoms with Crippen LogP contribution in [0.25, 0.3) is 5.57 Å². The van der Waals surface area contributed by atoms with Gasteiger partial charge < -0.3 is 30.2 Å². The number of rotatable bonds is 11. The molecule has 3 rings (SSSR count). The largest absolute Gasteiger partial charge is 0.507 e. The van der Waals surface area contributed by atoms with Gasteiger partial charge in [-0.2, -0.15) is 0 Å². The van der Waals surface area contributed by atoms with Crippen molar-refractivity contribution in [1.82, 2.24) is 4.90 Å². The van der Waals surface area contributed by atoms with E-state index in [-0.39, 0.29) is 0 Å². The van der Waals surface area contributed by atoms with E-state index in [1.165, 1.54) is 24.3 Å². The van der Waals surface area contributed by atoms with E-state index < -0.39 is 62.6 Å². The number of Topliss-reactive ketones (excluding diaryl/α,β-unsaturated/α-hetero) is 2. The van der Waals surface area contributed by atoms with Crippen LogP contribution in [0.5, 0.6) is 11.5 Å². The SMILES string of the molecule is CCCN(CCC)C1=CC(=O)/C(=C2\C(=O)C(=O)C(c3c(O)cc(N(CCC)CCC)cc3O)=C2O)C(O)=C1. The first-order valence-electron chi connectivity index (χ1n) is 13.1. The summed E-state index contributed by atoms with van der Waals surface area (Å²) < 4.78 is 0. The summed E-state index contributed by atoms with van der Waals surface area (Å²) in [6.45, 7) is 10.6. The number of aliphatic hydroxyl groups is 2. The second kappa shape index (κ2) is 12.0. The van der Waals surface area contributed by atoms with E-state index in [0.717, 1.165) is 25.7 Å². The molecule has 0 heterocycles. The van der Waals surface area contributed by atoms with Gasteiger partial charge in [0, 0.05) is 61.8 Å². The number of anilines is 1. The summed E-state index contributed by atoms with van der Waals surface area (Å²) in [6, 6.07) is 2.72. The normalized spacial score (nSPS) is 17.7. The van der Waals surface area contributed by atoms with Gasteiger partial charge in [0.15, 0.2) is 5.78 Å². The first kappa shape index (κ1) is 28.6. The van der Waals surface area contributed by atoms with Gasteiger partial charge in [-0.05, 0) is 25.7 Å². The quantitative estimate of drug-likeness (QED) is 0.244. The van der Waals surface area contributed by atoms with E-state index in [2.05, 4.69) is 0 Å². The number of benzene rings is 1. The summed E-state index contributed by atoms with van der Waals surface area (Å²) in [5.74, 6) is -5.58. The topological polar surface area (TPSA) is 139 Å². The lowest BCUT2D eigenvalue weighted by Crippen LogP contribution is -2.27. The van der Waals surface area contributed by atoms with Crippen LogP contribution in [-0.2, 0) is 14.4 Å². The Morgan fingerprint density at radius 3 is 1.58 bits per heavy atom. The molecule has 4 N–H and O–H groups in total. The van der Waals surface area contributed by atoms with Crippen molar-refractivity contribution in [2.45, 2.75) is 53.4 Å². The Hall–Kier alpha value is -4.01. The van der Waals surface area contributed by atoms with Crippen molar-refractivity contribution in [2.75, 3.05) is 31.1 Å². The van der Waals surface area contributed by atoms with Gasteiger partial charge in [0.2, 0.25) is 11.6 Å². The Balaban J connectivity index is 2.12. The van der Waals surface area contributed by atoms with Crippen molar-refractivity contribution in [3.8, 4) is 11.5 Å². The summed E-state index contributed by atoms with van der Waals surface area (Å²) in [6.07, 6.45) is 5.88. The number of phenols is 2. The lowest BCUT2D eigenvalue weighted by atomic mass is 9.94. The van der Waals surface area contributed by atoms with Crippen LogP contribution in [0.2, 0.25) is 0 Å². The second-order valence-electron chi connectivity index (χ2n) is 9.43. The summed E-state index contributed by atoms with van der Waals surface area (Å²) in [5.41, 5.74) is -1.19. The molecule has 0 bridgehead atoms. The Morgan fingerprint density at radius 2 is 1.11 bits per heavy atom. The van der Waals surface area contributed by atoms with Crippen molar-refractivity contribution in [1.29, 1.82) is 0 Å². The third kappa shape index (κ3) is 5.32. The van der Waals surface area contributed by atoms with Crippen molar-refractivity contribution in [2.24, 2.45) is 0 Å². The summed E-state index contributed by atoms with van der Waals surface area (Å²) in [5, 5.41) is 43.3. The van der Waals surface area contributed by atoms with Crippen molar-refractivity contribution in [3.05, 3.63) is 58.2 Å². The molecule has 0 spiro atoms. The van der Waals surface area contributed by atoms with Crippen molar-refractivity contribution in [3.63, 3.8) is 0 Å². The van der Waals surface area contributed by atoms with Gasteiger partial charge in [0.1, 0.15) is 23.0 Å². The fourth-order valence-corrected chi connectivity index (χ4v) is 4.91. The Kier molecular flexibility index (Phi) is 9.04. The standard InChI is InChI=1S/C29H36N2O7/c1-5-9-30(10-6-2)17-13-19(32)23(20(33)14-17)25-27(36)26(29(38)28(25)37)24-21(34)15-18(16-22(24)35)31(11-7-3)12-8-4/h13-16,32-34,36H,5-12H2,1-4H3/b26-24-. The van der Waals surface area contributed by atoms with E-state index in [0.29, 0.717) is 37.6 Å². The number of aliphatic hydroxyl groups excluding tert-OH is 2. The minimum atomic E-state index is -1.21. The van der Waals surface area contributed by atoms with E-state index in [1.807, 2.05) is 37.5 Å². The molecule has 9 heteroatoms. The molecule has 0 aromatic heterocycles. The third-order valence-electron chi connectivity index (χ3n) is 6.49. The molecule has 1 aromatic carbocycles. The molecule has 2 aliphatic carbocycles. The molecule has 0 saturated carbocycles. The van der Waals surface area contributed by atoms with Crippen molar-refractivity contribution >= 4 is 28.6 Å².